The summed E-state index contributed by atoms with van der Waals surface area (Å²) in [6.07, 6.45) is 5.54. The van der Waals surface area contributed by atoms with Crippen LogP contribution in [0.25, 0.3) is 0 Å². The van der Waals surface area contributed by atoms with Gasteiger partial charge in [0.1, 0.15) is 0 Å². The molecule has 2 unspecified atom stereocenters. The third-order valence-electron chi connectivity index (χ3n) is 3.35. The maximum atomic E-state index is 12.0. The van der Waals surface area contributed by atoms with Gasteiger partial charge in [-0.25, -0.2) is 0 Å². The van der Waals surface area contributed by atoms with Crippen molar-refractivity contribution >= 4 is 17.7 Å². The van der Waals surface area contributed by atoms with Gasteiger partial charge in [0, 0.05) is 12.6 Å². The van der Waals surface area contributed by atoms with Gasteiger partial charge in [-0.15, -0.1) is 0 Å². The van der Waals surface area contributed by atoms with Crippen LogP contribution in [0, 0.1) is 5.41 Å². The van der Waals surface area contributed by atoms with E-state index in [9.17, 15) is 4.79 Å². The molecule has 0 spiro atoms. The molecule has 0 radical (unpaired) electrons. The van der Waals surface area contributed by atoms with Crippen LogP contribution >= 0.6 is 11.8 Å². The normalized spacial score (nSPS) is 28.3. The molecule has 2 atom stereocenters. The van der Waals surface area contributed by atoms with Crippen molar-refractivity contribution < 1.29 is 9.53 Å². The molecule has 0 bridgehead atoms. The molecular formula is C12H24N2O2S. The largest absolute Gasteiger partial charge is 0.379 e. The summed E-state index contributed by atoms with van der Waals surface area (Å²) in [5, 5.41) is 2.97. The number of rotatable bonds is 7. The average molecular weight is 260 g/mol. The van der Waals surface area contributed by atoms with Crippen LogP contribution < -0.4 is 11.1 Å². The summed E-state index contributed by atoms with van der Waals surface area (Å²) in [4.78, 5) is 12.0. The van der Waals surface area contributed by atoms with E-state index in [1.54, 1.807) is 0 Å². The maximum Gasteiger partial charge on any atom is 0.229 e. The maximum absolute atomic E-state index is 12.0. The summed E-state index contributed by atoms with van der Waals surface area (Å²) in [6.45, 7) is 3.55. The second kappa shape index (κ2) is 7.24. The summed E-state index contributed by atoms with van der Waals surface area (Å²) in [6, 6.07) is -0.181. The van der Waals surface area contributed by atoms with E-state index in [0.29, 0.717) is 13.2 Å². The first-order valence-corrected chi connectivity index (χ1v) is 7.61. The Bertz CT molecular complexity index is 251. The summed E-state index contributed by atoms with van der Waals surface area (Å²) < 4.78 is 5.26. The van der Waals surface area contributed by atoms with Gasteiger partial charge in [0.05, 0.1) is 18.6 Å². The number of hydrogen-bond donors (Lipinski definition) is 2. The zero-order valence-corrected chi connectivity index (χ0v) is 11.6. The quantitative estimate of drug-likeness (QED) is 0.670. The number of amides is 1. The van der Waals surface area contributed by atoms with Gasteiger partial charge in [-0.2, -0.15) is 11.8 Å². The molecular weight excluding hydrogens is 236 g/mol. The summed E-state index contributed by atoms with van der Waals surface area (Å²) >= 11 is 1.87. The number of nitrogens with two attached hydrogens (primary N) is 1. The van der Waals surface area contributed by atoms with Crippen LogP contribution in [-0.4, -0.2) is 43.7 Å². The van der Waals surface area contributed by atoms with Crippen LogP contribution in [0.15, 0.2) is 0 Å². The number of ether oxygens (including phenoxy) is 1. The summed E-state index contributed by atoms with van der Waals surface area (Å²) in [5.41, 5.74) is 5.35. The first kappa shape index (κ1) is 14.8. The van der Waals surface area contributed by atoms with Crippen molar-refractivity contribution in [3.8, 4) is 0 Å². The van der Waals surface area contributed by atoms with Crippen LogP contribution in [0.5, 0.6) is 0 Å². The molecule has 100 valence electrons. The molecule has 0 aromatic rings. The number of hydrogen-bond acceptors (Lipinski definition) is 4. The Labute approximate surface area is 108 Å². The highest BCUT2D eigenvalue weighted by Gasteiger charge is 2.43. The highest BCUT2D eigenvalue weighted by molar-refractivity contribution is 7.98. The van der Waals surface area contributed by atoms with Crippen molar-refractivity contribution in [1.29, 1.82) is 0 Å². The van der Waals surface area contributed by atoms with E-state index in [-0.39, 0.29) is 11.9 Å². The molecule has 1 fully saturated rings. The molecule has 0 aromatic carbocycles. The number of nitrogens with one attached hydrogen (secondary N) is 1. The number of thioether (sulfide) groups is 1. The van der Waals surface area contributed by atoms with Crippen LogP contribution in [0.4, 0.5) is 0 Å². The van der Waals surface area contributed by atoms with Crippen molar-refractivity contribution in [2.45, 2.75) is 32.2 Å². The molecule has 1 aliphatic rings. The van der Waals surface area contributed by atoms with Crippen LogP contribution in [0.1, 0.15) is 26.2 Å². The van der Waals surface area contributed by atoms with Gasteiger partial charge < -0.3 is 15.8 Å². The van der Waals surface area contributed by atoms with Crippen LogP contribution in [-0.2, 0) is 9.53 Å². The van der Waals surface area contributed by atoms with Crippen LogP contribution in [0.2, 0.25) is 0 Å². The topological polar surface area (TPSA) is 64.3 Å². The molecule has 1 saturated heterocycles. The average Bonchev–Trinajstić information content (AvgIpc) is 2.65. The minimum Gasteiger partial charge on any atom is -0.379 e. The molecule has 0 aliphatic carbocycles. The lowest BCUT2D eigenvalue weighted by molar-refractivity contribution is -0.130. The Morgan fingerprint density at radius 3 is 2.88 bits per heavy atom. The van der Waals surface area contributed by atoms with E-state index >= 15 is 0 Å². The Kier molecular flexibility index (Phi) is 6.30. The predicted molar refractivity (Wildman–Crippen MR) is 72.1 cm³/mol. The van der Waals surface area contributed by atoms with E-state index in [4.69, 9.17) is 10.5 Å². The van der Waals surface area contributed by atoms with Gasteiger partial charge in [-0.05, 0) is 31.8 Å². The molecule has 1 aliphatic heterocycles. The fourth-order valence-electron chi connectivity index (χ4n) is 1.87. The number of carbonyl (C=O) groups excluding carboxylic acids is 1. The molecule has 1 rings (SSSR count). The Morgan fingerprint density at radius 2 is 2.29 bits per heavy atom. The molecule has 5 heteroatoms. The van der Waals surface area contributed by atoms with Gasteiger partial charge in [0.2, 0.25) is 5.91 Å². The first-order chi connectivity index (χ1) is 8.11. The van der Waals surface area contributed by atoms with Crippen molar-refractivity contribution in [1.82, 2.24) is 5.32 Å². The molecule has 0 aromatic heterocycles. The fraction of sp³-hybridized carbons (Fsp3) is 0.917. The predicted octanol–water partition coefficient (Wildman–Crippen LogP) is 1.000. The summed E-state index contributed by atoms with van der Waals surface area (Å²) in [7, 11) is 0. The van der Waals surface area contributed by atoms with Gasteiger partial charge in [0.25, 0.3) is 0 Å². The third kappa shape index (κ3) is 4.16. The SMILES string of the molecule is CSCCCCCNC(=O)C1(C)COCC1N. The molecule has 1 amide bonds. The monoisotopic (exact) mass is 260 g/mol. The Hall–Kier alpha value is -0.260. The second-order valence-electron chi connectivity index (χ2n) is 4.85. The minimum atomic E-state index is -0.542. The molecule has 1 heterocycles. The number of carbonyl (C=O) groups is 1. The fourth-order valence-corrected chi connectivity index (χ4v) is 2.37. The number of unbranched alkanes of at least 4 members (excludes halogenated alkanes) is 2. The summed E-state index contributed by atoms with van der Waals surface area (Å²) in [5.74, 6) is 1.23. The van der Waals surface area contributed by atoms with Gasteiger partial charge in [-0.3, -0.25) is 4.79 Å². The third-order valence-corrected chi connectivity index (χ3v) is 4.04. The van der Waals surface area contributed by atoms with Gasteiger partial charge in [0.15, 0.2) is 0 Å². The Morgan fingerprint density at radius 1 is 1.53 bits per heavy atom. The smallest absolute Gasteiger partial charge is 0.229 e. The van der Waals surface area contributed by atoms with E-state index in [1.807, 2.05) is 18.7 Å². The van der Waals surface area contributed by atoms with E-state index in [0.717, 1.165) is 13.0 Å². The second-order valence-corrected chi connectivity index (χ2v) is 5.83. The van der Waals surface area contributed by atoms with E-state index in [1.165, 1.54) is 18.6 Å². The molecule has 17 heavy (non-hydrogen) atoms. The van der Waals surface area contributed by atoms with Crippen molar-refractivity contribution in [3.63, 3.8) is 0 Å². The molecule has 4 nitrogen and oxygen atoms in total. The van der Waals surface area contributed by atoms with E-state index in [2.05, 4.69) is 11.6 Å². The lowest BCUT2D eigenvalue weighted by Gasteiger charge is -2.25. The zero-order chi connectivity index (χ0) is 12.7. The standard InChI is InChI=1S/C12H24N2O2S/c1-12(9-16-8-10(12)13)11(15)14-6-4-3-5-7-17-2/h10H,3-9,13H2,1-2H3,(H,14,15). The Balaban J connectivity index is 2.16. The highest BCUT2D eigenvalue weighted by Crippen LogP contribution is 2.26. The zero-order valence-electron chi connectivity index (χ0n) is 10.8. The van der Waals surface area contributed by atoms with Crippen LogP contribution in [0.3, 0.4) is 0 Å². The molecule has 0 saturated carbocycles. The minimum absolute atomic E-state index is 0.0346. The van der Waals surface area contributed by atoms with Crippen molar-refractivity contribution in [2.75, 3.05) is 31.8 Å². The highest BCUT2D eigenvalue weighted by atomic mass is 32.2. The van der Waals surface area contributed by atoms with Crippen molar-refractivity contribution in [2.24, 2.45) is 11.1 Å². The van der Waals surface area contributed by atoms with Gasteiger partial charge >= 0.3 is 0 Å². The van der Waals surface area contributed by atoms with E-state index < -0.39 is 5.41 Å². The first-order valence-electron chi connectivity index (χ1n) is 6.22. The lowest BCUT2D eigenvalue weighted by atomic mass is 9.85. The van der Waals surface area contributed by atoms with Gasteiger partial charge in [-0.1, -0.05) is 6.42 Å². The lowest BCUT2D eigenvalue weighted by Crippen LogP contribution is -2.50. The molecule has 3 N–H and O–H groups in total. The van der Waals surface area contributed by atoms with Crippen molar-refractivity contribution in [3.05, 3.63) is 0 Å².